The minimum absolute atomic E-state index is 0.337. The van der Waals surface area contributed by atoms with E-state index >= 15 is 4.79 Å². The minimum Gasteiger partial charge on any atom is -0.468 e. The largest absolute Gasteiger partial charge is 0.468 e. The molecule has 0 fully saturated rings. The molecule has 0 amide bonds. The van der Waals surface area contributed by atoms with Gasteiger partial charge in [0.2, 0.25) is 0 Å². The Bertz CT molecular complexity index is 2640. The molecule has 0 saturated heterocycles. The molecule has 332 valence electrons. The van der Waals surface area contributed by atoms with Gasteiger partial charge in [-0.25, -0.2) is 0 Å². The molecule has 1 unspecified atom stereocenters. The molecule has 6 aromatic carbocycles. The van der Waals surface area contributed by atoms with E-state index in [1.165, 1.54) is 7.11 Å². The Balaban J connectivity index is 1.23. The molecule has 9 nitrogen and oxygen atoms in total. The Kier molecular flexibility index (Phi) is 12.2. The van der Waals surface area contributed by atoms with Gasteiger partial charge in [0, 0.05) is 6.42 Å². The lowest BCUT2D eigenvalue weighted by atomic mass is 9.78. The smallest absolute Gasteiger partial charge is 0.324 e. The molecule has 0 heterocycles. The Hall–Kier alpha value is -6.68. The molecular weight excluding hydrogens is 813 g/mol. The second-order valence-corrected chi connectivity index (χ2v) is 18.9. The van der Waals surface area contributed by atoms with Gasteiger partial charge in [-0.3, -0.25) is 29.8 Å². The zero-order chi connectivity index (χ0) is 46.1. The molecule has 8 rings (SSSR count). The molecular formula is C56H56N2O7. The molecule has 0 bridgehead atoms. The van der Waals surface area contributed by atoms with Gasteiger partial charge in [0.15, 0.2) is 0 Å². The monoisotopic (exact) mass is 868 g/mol. The van der Waals surface area contributed by atoms with Gasteiger partial charge in [-0.15, -0.1) is 0 Å². The van der Waals surface area contributed by atoms with E-state index in [1.54, 1.807) is 41.5 Å². The van der Waals surface area contributed by atoms with Crippen molar-refractivity contribution in [2.24, 2.45) is 5.92 Å². The number of hydrogen-bond acceptors (Lipinski definition) is 9. The molecule has 0 radical (unpaired) electrons. The average Bonchev–Trinajstić information content (AvgIpc) is 3.74. The zero-order valence-electron chi connectivity index (χ0n) is 38.0. The number of rotatable bonds is 14. The molecule has 9 heteroatoms. The summed E-state index contributed by atoms with van der Waals surface area (Å²) in [7, 11) is 1.22. The van der Waals surface area contributed by atoms with Gasteiger partial charge in [0.1, 0.15) is 35.0 Å². The number of esters is 3. The van der Waals surface area contributed by atoms with E-state index in [4.69, 9.17) is 14.2 Å². The van der Waals surface area contributed by atoms with Gasteiger partial charge in [0.25, 0.3) is 0 Å². The fourth-order valence-corrected chi connectivity index (χ4v) is 9.70. The van der Waals surface area contributed by atoms with E-state index in [0.29, 0.717) is 0 Å². The molecule has 2 aliphatic rings. The Morgan fingerprint density at radius 1 is 0.462 bits per heavy atom. The van der Waals surface area contributed by atoms with E-state index in [0.717, 1.165) is 55.6 Å². The van der Waals surface area contributed by atoms with Gasteiger partial charge < -0.3 is 14.2 Å². The molecule has 0 aliphatic heterocycles. The number of methoxy groups -OCH3 is 1. The summed E-state index contributed by atoms with van der Waals surface area (Å²) in [5, 5.41) is 7.40. The van der Waals surface area contributed by atoms with E-state index in [9.17, 15) is 14.4 Å². The van der Waals surface area contributed by atoms with Crippen molar-refractivity contribution in [2.45, 2.75) is 88.7 Å². The van der Waals surface area contributed by atoms with Gasteiger partial charge in [-0.1, -0.05) is 158 Å². The first-order valence-corrected chi connectivity index (χ1v) is 22.2. The van der Waals surface area contributed by atoms with Crippen LogP contribution in [0.15, 0.2) is 158 Å². The first kappa shape index (κ1) is 44.9. The maximum absolute atomic E-state index is 15.2. The Labute approximate surface area is 381 Å². The van der Waals surface area contributed by atoms with Crippen molar-refractivity contribution in [1.82, 2.24) is 10.6 Å². The molecule has 0 aromatic heterocycles. The van der Waals surface area contributed by atoms with Crippen LogP contribution in [0.1, 0.15) is 87.8 Å². The van der Waals surface area contributed by atoms with Gasteiger partial charge in [-0.2, -0.15) is 0 Å². The molecule has 65 heavy (non-hydrogen) atoms. The molecule has 0 spiro atoms. The van der Waals surface area contributed by atoms with E-state index in [1.807, 2.05) is 133 Å². The number of Topliss-reactive ketones (excluding diaryl/α,β-unsaturated/α-hetero) is 1. The second kappa shape index (κ2) is 17.7. The highest BCUT2D eigenvalue weighted by atomic mass is 16.6. The number of ether oxygens (including phenoxy) is 3. The van der Waals surface area contributed by atoms with Crippen LogP contribution in [0.5, 0.6) is 0 Å². The molecule has 0 saturated carbocycles. The first-order chi connectivity index (χ1) is 31.1. The zero-order valence-corrected chi connectivity index (χ0v) is 38.0. The van der Waals surface area contributed by atoms with Crippen molar-refractivity contribution in [3.8, 4) is 22.3 Å². The molecule has 2 N–H and O–H groups in total. The number of benzene rings is 6. The van der Waals surface area contributed by atoms with Crippen LogP contribution in [-0.2, 0) is 44.5 Å². The highest BCUT2D eigenvalue weighted by Gasteiger charge is 2.51. The standard InChI is InChI=1S/C56H56N2O7/c1-53(2,3)64-51(61)47(57-55(36-22-10-8-11-23-36)43-30-18-14-26-38(43)39-27-15-19-31-44(39)55)34-42(50(60)63-7)49(59)35-48(52(62)65-54(4,5)6)58-56(37-24-12-9-13-25-37)45-32-20-16-28-40(45)41-29-17-21-33-46(41)56/h8-33,42,47-48,57-58H,34-35H2,1-7H3/t42?,47-,48-/m0/s1. The summed E-state index contributed by atoms with van der Waals surface area (Å²) < 4.78 is 17.5. The third-order valence-electron chi connectivity index (χ3n) is 12.2. The van der Waals surface area contributed by atoms with Gasteiger partial charge in [0.05, 0.1) is 18.2 Å². The van der Waals surface area contributed by atoms with Crippen LogP contribution < -0.4 is 10.6 Å². The van der Waals surface area contributed by atoms with Gasteiger partial charge >= 0.3 is 17.9 Å². The predicted molar refractivity (Wildman–Crippen MR) is 252 cm³/mol. The summed E-state index contributed by atoms with van der Waals surface area (Å²) in [4.78, 5) is 58.8. The summed E-state index contributed by atoms with van der Waals surface area (Å²) in [6.07, 6.45) is -0.806. The number of fused-ring (bicyclic) bond motifs is 6. The number of nitrogens with one attached hydrogen (secondary N) is 2. The topological polar surface area (TPSA) is 120 Å². The highest BCUT2D eigenvalue weighted by Crippen LogP contribution is 2.53. The predicted octanol–water partition coefficient (Wildman–Crippen LogP) is 9.67. The minimum atomic E-state index is -1.51. The second-order valence-electron chi connectivity index (χ2n) is 18.9. The van der Waals surface area contributed by atoms with E-state index in [2.05, 4.69) is 34.9 Å². The lowest BCUT2D eigenvalue weighted by molar-refractivity contribution is -0.162. The molecule has 3 atom stereocenters. The van der Waals surface area contributed by atoms with E-state index < -0.39 is 70.4 Å². The highest BCUT2D eigenvalue weighted by molar-refractivity contribution is 6.01. The SMILES string of the molecule is COC(=O)C(C[C@H](NC1(c2ccccc2)c2ccccc2-c2ccccc21)C(=O)OC(C)(C)C)C(=O)C[C@H](NC1(c2ccccc2)c2ccccc2-c2ccccc21)C(=O)OC(C)(C)C. The van der Waals surface area contributed by atoms with Crippen LogP contribution in [0.3, 0.4) is 0 Å². The lowest BCUT2D eigenvalue weighted by Crippen LogP contribution is -2.55. The van der Waals surface area contributed by atoms with Crippen LogP contribution >= 0.6 is 0 Å². The number of carbonyl (C=O) groups excluding carboxylic acids is 4. The van der Waals surface area contributed by atoms with Crippen molar-refractivity contribution >= 4 is 23.7 Å². The fourth-order valence-electron chi connectivity index (χ4n) is 9.70. The molecule has 2 aliphatic carbocycles. The Morgan fingerprint density at radius 3 is 1.14 bits per heavy atom. The van der Waals surface area contributed by atoms with Crippen molar-refractivity contribution in [3.05, 3.63) is 191 Å². The quantitative estimate of drug-likeness (QED) is 0.0627. The number of hydrogen-bond donors (Lipinski definition) is 2. The summed E-state index contributed by atoms with van der Waals surface area (Å²) in [6, 6.07) is 49.2. The fraction of sp³-hybridized carbons (Fsp3) is 0.286. The Morgan fingerprint density at radius 2 is 0.785 bits per heavy atom. The van der Waals surface area contributed by atoms with Crippen molar-refractivity contribution in [1.29, 1.82) is 0 Å². The third kappa shape index (κ3) is 8.54. The first-order valence-electron chi connectivity index (χ1n) is 22.2. The van der Waals surface area contributed by atoms with Crippen LogP contribution in [0.4, 0.5) is 0 Å². The van der Waals surface area contributed by atoms with E-state index in [-0.39, 0.29) is 6.42 Å². The van der Waals surface area contributed by atoms with Crippen molar-refractivity contribution in [2.75, 3.05) is 7.11 Å². The average molecular weight is 869 g/mol. The third-order valence-corrected chi connectivity index (χ3v) is 12.2. The number of carbonyl (C=O) groups is 4. The van der Waals surface area contributed by atoms with Crippen LogP contribution in [0.25, 0.3) is 22.3 Å². The van der Waals surface area contributed by atoms with Crippen molar-refractivity contribution in [3.63, 3.8) is 0 Å². The molecule has 6 aromatic rings. The maximum atomic E-state index is 15.2. The summed E-state index contributed by atoms with van der Waals surface area (Å²) in [6.45, 7) is 10.6. The van der Waals surface area contributed by atoms with Crippen molar-refractivity contribution < 1.29 is 33.4 Å². The maximum Gasteiger partial charge on any atom is 0.324 e. The number of ketones is 1. The van der Waals surface area contributed by atoms with Crippen LogP contribution in [0.2, 0.25) is 0 Å². The van der Waals surface area contributed by atoms with Crippen LogP contribution in [0, 0.1) is 5.92 Å². The van der Waals surface area contributed by atoms with Gasteiger partial charge in [-0.05, 0) is 104 Å². The summed E-state index contributed by atoms with van der Waals surface area (Å²) in [5.41, 5.74) is 5.18. The lowest BCUT2D eigenvalue weighted by Gasteiger charge is -2.39. The van der Waals surface area contributed by atoms with Crippen LogP contribution in [-0.4, -0.2) is 54.1 Å². The summed E-state index contributed by atoms with van der Waals surface area (Å²) in [5.74, 6) is -4.29. The normalized spacial score (nSPS) is 15.6. The summed E-state index contributed by atoms with van der Waals surface area (Å²) >= 11 is 0.